The normalized spacial score (nSPS) is 26.2. The maximum atomic E-state index is 12.3. The Morgan fingerprint density at radius 2 is 1.97 bits per heavy atom. The lowest BCUT2D eigenvalue weighted by Gasteiger charge is -2.56. The minimum Gasteiger partial charge on any atom is -0.389 e. The van der Waals surface area contributed by atoms with Crippen molar-refractivity contribution in [3.8, 4) is 0 Å². The maximum absolute atomic E-state index is 12.3. The van der Waals surface area contributed by atoms with Crippen molar-refractivity contribution in [3.63, 3.8) is 0 Å². The van der Waals surface area contributed by atoms with Crippen molar-refractivity contribution in [1.82, 2.24) is 9.80 Å². The Hall–Kier alpha value is -1.44. The van der Waals surface area contributed by atoms with Gasteiger partial charge in [-0.15, -0.1) is 0 Å². The van der Waals surface area contributed by atoms with Crippen molar-refractivity contribution in [2.45, 2.75) is 32.8 Å². The molecule has 1 saturated carbocycles. The Bertz CT molecular complexity index is 835. The molecule has 0 radical (unpaired) electrons. The summed E-state index contributed by atoms with van der Waals surface area (Å²) < 4.78 is 5.89. The number of para-hydroxylation sites is 1. The maximum Gasteiger partial charge on any atom is 0.238 e. The van der Waals surface area contributed by atoms with Gasteiger partial charge in [0.1, 0.15) is 0 Å². The lowest BCUT2D eigenvalue weighted by Crippen LogP contribution is -2.50. The molecule has 1 aromatic rings. The molecule has 176 valence electrons. The fraction of sp³-hybridized carbons (Fsp3) is 0.640. The van der Waals surface area contributed by atoms with Crippen LogP contribution in [0.3, 0.4) is 0 Å². The molecule has 4 aliphatic rings. The fourth-order valence-electron chi connectivity index (χ4n) is 5.39. The fourth-order valence-corrected chi connectivity index (χ4v) is 5.57. The zero-order chi connectivity index (χ0) is 22.7. The lowest BCUT2D eigenvalue weighted by atomic mass is 9.49. The highest BCUT2D eigenvalue weighted by atomic mass is 35.5. The molecule has 2 N–H and O–H groups in total. The van der Waals surface area contributed by atoms with E-state index in [0.717, 1.165) is 32.1 Å². The van der Waals surface area contributed by atoms with Crippen molar-refractivity contribution >= 4 is 23.2 Å². The molecule has 1 saturated heterocycles. The van der Waals surface area contributed by atoms with Crippen LogP contribution in [0.25, 0.3) is 0 Å². The number of aliphatic hydroxyl groups is 1. The van der Waals surface area contributed by atoms with E-state index in [4.69, 9.17) is 16.3 Å². The number of ether oxygens (including phenoxy) is 1. The molecule has 1 aliphatic heterocycles. The van der Waals surface area contributed by atoms with Gasteiger partial charge in [-0.3, -0.25) is 14.6 Å². The van der Waals surface area contributed by atoms with Gasteiger partial charge >= 0.3 is 0 Å². The Morgan fingerprint density at radius 3 is 2.66 bits per heavy atom. The largest absolute Gasteiger partial charge is 0.389 e. The van der Waals surface area contributed by atoms with Crippen LogP contribution in [0.4, 0.5) is 5.69 Å². The van der Waals surface area contributed by atoms with Gasteiger partial charge in [-0.2, -0.15) is 0 Å². The first-order valence-corrected chi connectivity index (χ1v) is 12.1. The number of rotatable bonds is 9. The van der Waals surface area contributed by atoms with Crippen LogP contribution in [0, 0.1) is 17.3 Å². The minimum absolute atomic E-state index is 0.0574. The molecular formula is C25H36ClN3O3. The number of fused-ring (bicyclic) bond motifs is 1. The van der Waals surface area contributed by atoms with Gasteiger partial charge in [0.25, 0.3) is 0 Å². The molecule has 0 aromatic heterocycles. The Labute approximate surface area is 196 Å². The number of benzene rings is 1. The van der Waals surface area contributed by atoms with Crippen LogP contribution in [-0.4, -0.2) is 79.4 Å². The molecule has 1 heterocycles. The van der Waals surface area contributed by atoms with Gasteiger partial charge < -0.3 is 15.2 Å². The van der Waals surface area contributed by atoms with E-state index < -0.39 is 6.10 Å². The third-order valence-corrected chi connectivity index (χ3v) is 7.94. The SMILES string of the molecule is CC1(C)C2CC=C(COCC(O)CN3CCN(CC(=O)Nc4ccccc4Cl)CC3)C1C2. The van der Waals surface area contributed by atoms with Gasteiger partial charge in [-0.25, -0.2) is 0 Å². The summed E-state index contributed by atoms with van der Waals surface area (Å²) >= 11 is 6.11. The van der Waals surface area contributed by atoms with Gasteiger partial charge in [0.15, 0.2) is 0 Å². The van der Waals surface area contributed by atoms with E-state index in [-0.39, 0.29) is 5.91 Å². The van der Waals surface area contributed by atoms with Gasteiger partial charge in [-0.05, 0) is 47.8 Å². The summed E-state index contributed by atoms with van der Waals surface area (Å²) in [5.74, 6) is 1.43. The van der Waals surface area contributed by atoms with Gasteiger partial charge in [0, 0.05) is 32.7 Å². The number of amides is 1. The van der Waals surface area contributed by atoms with E-state index in [9.17, 15) is 9.90 Å². The highest BCUT2D eigenvalue weighted by Gasteiger charge is 2.50. The number of β-amino-alcohol motifs (C(OH)–C–C–N with tert-alkyl or cyclic N) is 1. The zero-order valence-corrected chi connectivity index (χ0v) is 20.0. The lowest BCUT2D eigenvalue weighted by molar-refractivity contribution is -0.117. The molecule has 2 bridgehead atoms. The van der Waals surface area contributed by atoms with Crippen LogP contribution >= 0.6 is 11.6 Å². The Balaban J connectivity index is 1.11. The number of carbonyl (C=O) groups is 1. The molecule has 1 aromatic carbocycles. The molecule has 2 fully saturated rings. The first-order chi connectivity index (χ1) is 15.3. The van der Waals surface area contributed by atoms with Crippen LogP contribution < -0.4 is 5.32 Å². The van der Waals surface area contributed by atoms with Crippen molar-refractivity contribution in [2.75, 3.05) is 57.8 Å². The van der Waals surface area contributed by atoms with Crippen molar-refractivity contribution in [3.05, 3.63) is 40.9 Å². The monoisotopic (exact) mass is 461 g/mol. The zero-order valence-electron chi connectivity index (χ0n) is 19.2. The van der Waals surface area contributed by atoms with Gasteiger partial charge in [0.2, 0.25) is 5.91 Å². The predicted octanol–water partition coefficient (Wildman–Crippen LogP) is 3.27. The quantitative estimate of drug-likeness (QED) is 0.552. The second-order valence-corrected chi connectivity index (χ2v) is 10.5. The van der Waals surface area contributed by atoms with E-state index in [1.54, 1.807) is 12.1 Å². The number of hydrogen-bond donors (Lipinski definition) is 2. The number of halogens is 1. The number of anilines is 1. The average Bonchev–Trinajstić information content (AvgIpc) is 2.76. The van der Waals surface area contributed by atoms with Crippen molar-refractivity contribution in [1.29, 1.82) is 0 Å². The molecule has 0 spiro atoms. The van der Waals surface area contributed by atoms with Crippen LogP contribution in [0.2, 0.25) is 5.02 Å². The van der Waals surface area contributed by atoms with Crippen LogP contribution in [0.5, 0.6) is 0 Å². The van der Waals surface area contributed by atoms with E-state index in [2.05, 4.69) is 35.0 Å². The third-order valence-electron chi connectivity index (χ3n) is 7.61. The van der Waals surface area contributed by atoms with Gasteiger partial charge in [0.05, 0.1) is 36.6 Å². The topological polar surface area (TPSA) is 65.0 Å². The van der Waals surface area contributed by atoms with E-state index in [1.807, 2.05) is 12.1 Å². The summed E-state index contributed by atoms with van der Waals surface area (Å²) in [4.78, 5) is 16.7. The summed E-state index contributed by atoms with van der Waals surface area (Å²) in [7, 11) is 0. The highest BCUT2D eigenvalue weighted by Crippen LogP contribution is 2.59. The second-order valence-electron chi connectivity index (χ2n) is 10.1. The number of hydrogen-bond acceptors (Lipinski definition) is 5. The molecule has 7 heteroatoms. The number of piperazine rings is 1. The molecule has 32 heavy (non-hydrogen) atoms. The molecule has 3 aliphatic carbocycles. The molecule has 3 atom stereocenters. The minimum atomic E-state index is -0.489. The van der Waals surface area contributed by atoms with Crippen molar-refractivity contribution in [2.24, 2.45) is 17.3 Å². The smallest absolute Gasteiger partial charge is 0.238 e. The summed E-state index contributed by atoms with van der Waals surface area (Å²) in [5, 5.41) is 13.9. The Morgan fingerprint density at radius 1 is 1.25 bits per heavy atom. The van der Waals surface area contributed by atoms with E-state index >= 15 is 0 Å². The predicted molar refractivity (Wildman–Crippen MR) is 128 cm³/mol. The van der Waals surface area contributed by atoms with E-state index in [0.29, 0.717) is 48.3 Å². The molecule has 3 unspecified atom stereocenters. The molecular weight excluding hydrogens is 426 g/mol. The summed E-state index contributed by atoms with van der Waals surface area (Å²) in [5.41, 5.74) is 2.48. The Kier molecular flexibility index (Phi) is 7.58. The number of aliphatic hydroxyl groups excluding tert-OH is 1. The molecule has 1 amide bonds. The summed E-state index contributed by atoms with van der Waals surface area (Å²) in [6, 6.07) is 7.26. The highest BCUT2D eigenvalue weighted by molar-refractivity contribution is 6.33. The van der Waals surface area contributed by atoms with Crippen LogP contribution in [0.1, 0.15) is 26.7 Å². The standard InChI is InChI=1S/C25H36ClN3O3/c1-25(2)19-8-7-18(21(25)13-19)16-32-17-20(30)14-28-9-11-29(12-10-28)15-24(31)27-23-6-4-3-5-22(23)26/h3-7,19-21,30H,8-17H2,1-2H3,(H,27,31). The number of carbonyl (C=O) groups excluding carboxylic acids is 1. The van der Waals surface area contributed by atoms with Gasteiger partial charge in [-0.1, -0.05) is 43.7 Å². The summed E-state index contributed by atoms with van der Waals surface area (Å²) in [6.07, 6.45) is 4.34. The van der Waals surface area contributed by atoms with Crippen LogP contribution in [-0.2, 0) is 9.53 Å². The van der Waals surface area contributed by atoms with Crippen molar-refractivity contribution < 1.29 is 14.6 Å². The van der Waals surface area contributed by atoms with E-state index in [1.165, 1.54) is 18.4 Å². The number of nitrogens with zero attached hydrogens (tertiary/aromatic N) is 2. The second kappa shape index (κ2) is 10.2. The third kappa shape index (κ3) is 5.54. The number of nitrogens with one attached hydrogen (secondary N) is 1. The molecule has 6 nitrogen and oxygen atoms in total. The first-order valence-electron chi connectivity index (χ1n) is 11.8. The first kappa shape index (κ1) is 23.7. The molecule has 5 rings (SSSR count). The van der Waals surface area contributed by atoms with Crippen LogP contribution in [0.15, 0.2) is 35.9 Å². The average molecular weight is 462 g/mol. The number of allylic oxidation sites excluding steroid dienone is 1. The summed E-state index contributed by atoms with van der Waals surface area (Å²) in [6.45, 7) is 9.97.